The predicted octanol–water partition coefficient (Wildman–Crippen LogP) is 2.54. The maximum Gasteiger partial charge on any atom is 0.157 e. The van der Waals surface area contributed by atoms with E-state index in [4.69, 9.17) is 10.6 Å². The van der Waals surface area contributed by atoms with Crippen LogP contribution in [0.3, 0.4) is 0 Å². The summed E-state index contributed by atoms with van der Waals surface area (Å²) in [6.45, 7) is 0.343. The fourth-order valence-corrected chi connectivity index (χ4v) is 2.90. The highest BCUT2D eigenvalue weighted by atomic mass is 32.2. The topological polar surface area (TPSA) is 88.9 Å². The van der Waals surface area contributed by atoms with Gasteiger partial charge in [-0.2, -0.15) is 0 Å². The molecule has 0 spiro atoms. The van der Waals surface area contributed by atoms with E-state index in [0.29, 0.717) is 18.2 Å². The van der Waals surface area contributed by atoms with Crippen LogP contribution in [0.15, 0.2) is 46.5 Å². The minimum absolute atomic E-state index is 0.343. The first-order chi connectivity index (χ1) is 10.3. The van der Waals surface area contributed by atoms with Crippen LogP contribution in [0.4, 0.5) is 5.82 Å². The van der Waals surface area contributed by atoms with Crippen LogP contribution in [-0.2, 0) is 11.3 Å². The maximum atomic E-state index is 5.44. The third-order valence-corrected chi connectivity index (χ3v) is 3.75. The number of rotatable bonds is 5. The van der Waals surface area contributed by atoms with Gasteiger partial charge in [0, 0.05) is 24.1 Å². The Morgan fingerprint density at radius 2 is 2.14 bits per heavy atom. The lowest BCUT2D eigenvalue weighted by Gasteiger charge is -2.06. The Labute approximate surface area is 126 Å². The first-order valence-corrected chi connectivity index (χ1v) is 7.19. The van der Waals surface area contributed by atoms with Crippen molar-refractivity contribution in [2.45, 2.75) is 16.7 Å². The molecule has 21 heavy (non-hydrogen) atoms. The van der Waals surface area contributed by atoms with E-state index in [2.05, 4.69) is 32.5 Å². The van der Waals surface area contributed by atoms with Crippen molar-refractivity contribution >= 4 is 28.5 Å². The van der Waals surface area contributed by atoms with E-state index in [1.165, 1.54) is 17.1 Å². The largest absolute Gasteiger partial charge is 0.377 e. The molecule has 0 unspecified atom stereocenters. The molecule has 0 radical (unpaired) electrons. The van der Waals surface area contributed by atoms with E-state index in [1.807, 2.05) is 18.2 Å². The predicted molar refractivity (Wildman–Crippen MR) is 83.0 cm³/mol. The number of anilines is 1. The number of hydrazine groups is 1. The maximum absolute atomic E-state index is 5.44. The monoisotopic (exact) mass is 301 g/mol. The lowest BCUT2D eigenvalue weighted by atomic mass is 10.3. The lowest BCUT2D eigenvalue weighted by Crippen LogP contribution is -2.11. The number of ether oxygens (including phenoxy) is 1. The smallest absolute Gasteiger partial charge is 0.157 e. The standard InChI is InChI=1S/C14H15N5OS/c1-20-8-12-17-11(19-15)7-14(18-12)21-13-6-9-4-2-3-5-10(9)16-13/h2-7,16H,8,15H2,1H3,(H,17,18,19). The molecule has 4 N–H and O–H groups in total. The van der Waals surface area contributed by atoms with Gasteiger partial charge in [0.15, 0.2) is 5.82 Å². The quantitative estimate of drug-likeness (QED) is 0.381. The Bertz CT molecular complexity index is 725. The highest BCUT2D eigenvalue weighted by Crippen LogP contribution is 2.29. The average Bonchev–Trinajstić information content (AvgIpc) is 2.89. The van der Waals surface area contributed by atoms with Crippen molar-refractivity contribution in [3.05, 3.63) is 42.2 Å². The molecule has 6 nitrogen and oxygen atoms in total. The zero-order chi connectivity index (χ0) is 14.7. The average molecular weight is 301 g/mol. The van der Waals surface area contributed by atoms with Crippen molar-refractivity contribution in [2.24, 2.45) is 5.84 Å². The van der Waals surface area contributed by atoms with E-state index in [0.717, 1.165) is 15.6 Å². The number of nitrogens with two attached hydrogens (primary N) is 1. The first-order valence-electron chi connectivity index (χ1n) is 6.37. The number of methoxy groups -OCH3 is 1. The van der Waals surface area contributed by atoms with Gasteiger partial charge < -0.3 is 15.1 Å². The molecule has 0 aliphatic heterocycles. The molecule has 3 aromatic rings. The molecule has 3 rings (SSSR count). The first kappa shape index (κ1) is 13.9. The van der Waals surface area contributed by atoms with Crippen LogP contribution in [0.25, 0.3) is 10.9 Å². The van der Waals surface area contributed by atoms with Gasteiger partial charge in [0.2, 0.25) is 0 Å². The van der Waals surface area contributed by atoms with Gasteiger partial charge in [-0.25, -0.2) is 15.8 Å². The molecule has 2 aromatic heterocycles. The second-order valence-electron chi connectivity index (χ2n) is 4.41. The van der Waals surface area contributed by atoms with Gasteiger partial charge in [-0.1, -0.05) is 30.0 Å². The van der Waals surface area contributed by atoms with Gasteiger partial charge >= 0.3 is 0 Å². The number of benzene rings is 1. The molecule has 7 heteroatoms. The SMILES string of the molecule is COCc1nc(NN)cc(Sc2cc3ccccc3[nH]2)n1. The van der Waals surface area contributed by atoms with E-state index in [-0.39, 0.29) is 0 Å². The van der Waals surface area contributed by atoms with Crippen LogP contribution in [0.1, 0.15) is 5.82 Å². The molecule has 108 valence electrons. The minimum atomic E-state index is 0.343. The summed E-state index contributed by atoms with van der Waals surface area (Å²) in [6.07, 6.45) is 0. The number of H-pyrrole nitrogens is 1. The summed E-state index contributed by atoms with van der Waals surface area (Å²) in [7, 11) is 1.61. The Morgan fingerprint density at radius 1 is 1.29 bits per heavy atom. The van der Waals surface area contributed by atoms with Crippen LogP contribution >= 0.6 is 11.8 Å². The summed E-state index contributed by atoms with van der Waals surface area (Å²) in [5, 5.41) is 2.99. The van der Waals surface area contributed by atoms with Crippen LogP contribution in [0.5, 0.6) is 0 Å². The molecule has 0 saturated heterocycles. The molecular formula is C14H15N5OS. The van der Waals surface area contributed by atoms with Crippen molar-refractivity contribution in [3.63, 3.8) is 0 Å². The number of nitrogens with one attached hydrogen (secondary N) is 2. The second kappa shape index (κ2) is 6.13. The number of hydrogen-bond acceptors (Lipinski definition) is 6. The van der Waals surface area contributed by atoms with Crippen LogP contribution in [0.2, 0.25) is 0 Å². The number of fused-ring (bicyclic) bond motifs is 1. The third-order valence-electron chi connectivity index (χ3n) is 2.89. The zero-order valence-corrected chi connectivity index (χ0v) is 12.3. The number of para-hydroxylation sites is 1. The van der Waals surface area contributed by atoms with Gasteiger partial charge in [-0.15, -0.1) is 0 Å². The molecule has 0 bridgehead atoms. The highest BCUT2D eigenvalue weighted by Gasteiger charge is 2.08. The number of hydrogen-bond donors (Lipinski definition) is 3. The molecule has 0 atom stereocenters. The van der Waals surface area contributed by atoms with E-state index in [9.17, 15) is 0 Å². The number of aromatic amines is 1. The van der Waals surface area contributed by atoms with Crippen molar-refractivity contribution in [1.29, 1.82) is 0 Å². The number of nitrogen functional groups attached to an aromatic ring is 1. The molecule has 1 aromatic carbocycles. The summed E-state index contributed by atoms with van der Waals surface area (Å²) in [5.74, 6) is 6.60. The van der Waals surface area contributed by atoms with Crippen molar-refractivity contribution < 1.29 is 4.74 Å². The summed E-state index contributed by atoms with van der Waals surface area (Å²) >= 11 is 1.53. The normalized spacial score (nSPS) is 11.0. The van der Waals surface area contributed by atoms with Crippen molar-refractivity contribution in [2.75, 3.05) is 12.5 Å². The lowest BCUT2D eigenvalue weighted by molar-refractivity contribution is 0.177. The molecule has 2 heterocycles. The summed E-state index contributed by atoms with van der Waals surface area (Å²) in [5.41, 5.74) is 3.65. The number of nitrogens with zero attached hydrogens (tertiary/aromatic N) is 2. The highest BCUT2D eigenvalue weighted by molar-refractivity contribution is 7.99. The minimum Gasteiger partial charge on any atom is -0.377 e. The molecule has 0 aliphatic carbocycles. The van der Waals surface area contributed by atoms with E-state index < -0.39 is 0 Å². The Kier molecular flexibility index (Phi) is 4.05. The summed E-state index contributed by atoms with van der Waals surface area (Å²) in [6, 6.07) is 12.0. The molecule has 0 amide bonds. The van der Waals surface area contributed by atoms with E-state index in [1.54, 1.807) is 13.2 Å². The molecular weight excluding hydrogens is 286 g/mol. The van der Waals surface area contributed by atoms with Gasteiger partial charge in [-0.05, 0) is 12.1 Å². The summed E-state index contributed by atoms with van der Waals surface area (Å²) in [4.78, 5) is 12.0. The second-order valence-corrected chi connectivity index (χ2v) is 5.47. The van der Waals surface area contributed by atoms with Crippen LogP contribution < -0.4 is 11.3 Å². The molecule has 0 saturated carbocycles. The zero-order valence-electron chi connectivity index (χ0n) is 11.5. The fraction of sp³-hybridized carbons (Fsp3) is 0.143. The van der Waals surface area contributed by atoms with Crippen LogP contribution in [-0.4, -0.2) is 22.1 Å². The Balaban J connectivity index is 1.90. The Hall–Kier alpha value is -2.09. The fourth-order valence-electron chi connectivity index (χ4n) is 2.01. The van der Waals surface area contributed by atoms with Crippen molar-refractivity contribution in [3.8, 4) is 0 Å². The van der Waals surface area contributed by atoms with Crippen LogP contribution in [0, 0.1) is 0 Å². The van der Waals surface area contributed by atoms with Gasteiger partial charge in [0.25, 0.3) is 0 Å². The molecule has 0 aliphatic rings. The van der Waals surface area contributed by atoms with Gasteiger partial charge in [-0.3, -0.25) is 0 Å². The van der Waals surface area contributed by atoms with Gasteiger partial charge in [0.1, 0.15) is 17.5 Å². The van der Waals surface area contributed by atoms with Gasteiger partial charge in [0.05, 0.1) is 5.03 Å². The summed E-state index contributed by atoms with van der Waals surface area (Å²) < 4.78 is 5.07. The third kappa shape index (κ3) is 3.15. The van der Waals surface area contributed by atoms with E-state index >= 15 is 0 Å². The molecule has 0 fully saturated rings. The van der Waals surface area contributed by atoms with Crippen molar-refractivity contribution in [1.82, 2.24) is 15.0 Å². The Morgan fingerprint density at radius 3 is 2.90 bits per heavy atom. The number of aromatic nitrogens is 3.